The molecule has 0 aliphatic carbocycles. The fourth-order valence-electron chi connectivity index (χ4n) is 2.92. The van der Waals surface area contributed by atoms with Crippen molar-refractivity contribution in [3.63, 3.8) is 0 Å². The number of amides is 2. The zero-order chi connectivity index (χ0) is 17.3. The third-order valence-corrected chi connectivity index (χ3v) is 4.28. The van der Waals surface area contributed by atoms with Crippen LogP contribution in [0.15, 0.2) is 42.5 Å². The zero-order valence-corrected chi connectivity index (χ0v) is 13.7. The van der Waals surface area contributed by atoms with E-state index in [0.717, 1.165) is 16.8 Å². The minimum Gasteiger partial charge on any atom is -0.323 e. The summed E-state index contributed by atoms with van der Waals surface area (Å²) in [5.74, 6) is -1.39. The Morgan fingerprint density at radius 2 is 1.96 bits per heavy atom. The topological polar surface area (TPSA) is 49.4 Å². The molecule has 0 radical (unpaired) electrons. The third-order valence-electron chi connectivity index (χ3n) is 4.28. The molecule has 1 heterocycles. The second-order valence-electron chi connectivity index (χ2n) is 6.16. The van der Waals surface area contributed by atoms with Crippen LogP contribution in [0, 0.1) is 25.6 Å². The predicted molar refractivity (Wildman–Crippen MR) is 91.4 cm³/mol. The third kappa shape index (κ3) is 3.15. The van der Waals surface area contributed by atoms with Gasteiger partial charge in [-0.2, -0.15) is 0 Å². The van der Waals surface area contributed by atoms with Gasteiger partial charge in [0, 0.05) is 18.7 Å². The van der Waals surface area contributed by atoms with Gasteiger partial charge in [-0.1, -0.05) is 24.3 Å². The van der Waals surface area contributed by atoms with Gasteiger partial charge in [0.15, 0.2) is 0 Å². The lowest BCUT2D eigenvalue weighted by atomic mass is 10.1. The van der Waals surface area contributed by atoms with Crippen molar-refractivity contribution in [3.05, 3.63) is 59.4 Å². The highest BCUT2D eigenvalue weighted by molar-refractivity contribution is 6.03. The molecule has 0 bridgehead atoms. The molecule has 2 aromatic rings. The maximum atomic E-state index is 13.7. The van der Waals surface area contributed by atoms with E-state index in [9.17, 15) is 14.0 Å². The molecular formula is C19H19FN2O2. The van der Waals surface area contributed by atoms with E-state index in [0.29, 0.717) is 6.54 Å². The van der Waals surface area contributed by atoms with Gasteiger partial charge < -0.3 is 10.2 Å². The molecule has 1 aliphatic rings. The molecule has 1 aliphatic heterocycles. The minimum atomic E-state index is -0.489. The van der Waals surface area contributed by atoms with Crippen LogP contribution in [0.5, 0.6) is 0 Å². The maximum Gasteiger partial charge on any atom is 0.229 e. The van der Waals surface area contributed by atoms with E-state index in [-0.39, 0.29) is 23.9 Å². The summed E-state index contributed by atoms with van der Waals surface area (Å²) in [4.78, 5) is 26.4. The standard InChI is InChI=1S/C19H19FN2O2/c1-12-7-8-13(2)17(9-12)22-11-14(10-18(22)23)19(24)21-16-6-4-3-5-15(16)20/h3-9,14H,10-11H2,1-2H3,(H,21,24)/t14-/m1/s1. The average molecular weight is 326 g/mol. The number of carbonyl (C=O) groups excluding carboxylic acids is 2. The molecule has 4 nitrogen and oxygen atoms in total. The van der Waals surface area contributed by atoms with Crippen molar-refractivity contribution < 1.29 is 14.0 Å². The average Bonchev–Trinajstić information content (AvgIpc) is 2.94. The van der Waals surface area contributed by atoms with Crippen molar-refractivity contribution in [1.29, 1.82) is 0 Å². The van der Waals surface area contributed by atoms with Gasteiger partial charge >= 0.3 is 0 Å². The fraction of sp³-hybridized carbons (Fsp3) is 0.263. The van der Waals surface area contributed by atoms with Crippen molar-refractivity contribution in [3.8, 4) is 0 Å². The summed E-state index contributed by atoms with van der Waals surface area (Å²) in [6.45, 7) is 4.21. The minimum absolute atomic E-state index is 0.0858. The van der Waals surface area contributed by atoms with Crippen molar-refractivity contribution in [2.24, 2.45) is 5.92 Å². The molecule has 2 amide bonds. The zero-order valence-electron chi connectivity index (χ0n) is 13.7. The van der Waals surface area contributed by atoms with Crippen molar-refractivity contribution >= 4 is 23.2 Å². The summed E-state index contributed by atoms with van der Waals surface area (Å²) < 4.78 is 13.7. The maximum absolute atomic E-state index is 13.7. The molecular weight excluding hydrogens is 307 g/mol. The van der Waals surface area contributed by atoms with Gasteiger partial charge in [-0.05, 0) is 43.2 Å². The molecule has 24 heavy (non-hydrogen) atoms. The molecule has 1 saturated heterocycles. The van der Waals surface area contributed by atoms with Crippen LogP contribution in [0.3, 0.4) is 0 Å². The molecule has 1 N–H and O–H groups in total. The summed E-state index contributed by atoms with van der Waals surface area (Å²) in [5, 5.41) is 2.58. The Kier molecular flexibility index (Phi) is 4.34. The smallest absolute Gasteiger partial charge is 0.229 e. The van der Waals surface area contributed by atoms with Crippen LogP contribution in [0.2, 0.25) is 0 Å². The summed E-state index contributed by atoms with van der Waals surface area (Å²) in [6, 6.07) is 11.9. The molecule has 124 valence electrons. The Morgan fingerprint density at radius 1 is 1.21 bits per heavy atom. The van der Waals surface area contributed by atoms with E-state index in [1.807, 2.05) is 32.0 Å². The Labute approximate surface area is 140 Å². The second kappa shape index (κ2) is 6.43. The van der Waals surface area contributed by atoms with Gasteiger partial charge in [0.25, 0.3) is 0 Å². The summed E-state index contributed by atoms with van der Waals surface area (Å²) in [6.07, 6.45) is 0.133. The van der Waals surface area contributed by atoms with Crippen LogP contribution in [0.25, 0.3) is 0 Å². The van der Waals surface area contributed by atoms with E-state index in [4.69, 9.17) is 0 Å². The number of halogens is 1. The van der Waals surface area contributed by atoms with Gasteiger partial charge in [-0.15, -0.1) is 0 Å². The highest BCUT2D eigenvalue weighted by Gasteiger charge is 2.35. The van der Waals surface area contributed by atoms with Crippen LogP contribution < -0.4 is 10.2 Å². The molecule has 5 heteroatoms. The molecule has 0 spiro atoms. The van der Waals surface area contributed by atoms with Gasteiger partial charge in [0.1, 0.15) is 5.82 Å². The molecule has 1 atom stereocenters. The predicted octanol–water partition coefficient (Wildman–Crippen LogP) is 3.43. The van der Waals surface area contributed by atoms with Crippen molar-refractivity contribution in [1.82, 2.24) is 0 Å². The number of aryl methyl sites for hydroxylation is 2. The molecule has 0 aromatic heterocycles. The first kappa shape index (κ1) is 16.2. The fourth-order valence-corrected chi connectivity index (χ4v) is 2.92. The number of rotatable bonds is 3. The molecule has 3 rings (SSSR count). The number of anilines is 2. The lowest BCUT2D eigenvalue weighted by molar-refractivity contribution is -0.122. The van der Waals surface area contributed by atoms with Gasteiger partial charge in [-0.3, -0.25) is 9.59 Å². The number of hydrogen-bond donors (Lipinski definition) is 1. The monoisotopic (exact) mass is 326 g/mol. The lowest BCUT2D eigenvalue weighted by Gasteiger charge is -2.19. The quantitative estimate of drug-likeness (QED) is 0.939. The first-order valence-electron chi connectivity index (χ1n) is 7.88. The highest BCUT2D eigenvalue weighted by Crippen LogP contribution is 2.29. The van der Waals surface area contributed by atoms with Gasteiger partial charge in [0.2, 0.25) is 11.8 Å². The summed E-state index contributed by atoms with van der Waals surface area (Å²) in [5.41, 5.74) is 3.02. The normalized spacial score (nSPS) is 17.2. The first-order valence-corrected chi connectivity index (χ1v) is 7.88. The molecule has 0 unspecified atom stereocenters. The van der Waals surface area contributed by atoms with Crippen LogP contribution in [-0.4, -0.2) is 18.4 Å². The first-order chi connectivity index (χ1) is 11.5. The number of nitrogens with zero attached hydrogens (tertiary/aromatic N) is 1. The van der Waals surface area contributed by atoms with E-state index in [1.165, 1.54) is 12.1 Å². The van der Waals surface area contributed by atoms with Crippen LogP contribution in [-0.2, 0) is 9.59 Å². The number of hydrogen-bond acceptors (Lipinski definition) is 2. The number of para-hydroxylation sites is 1. The van der Waals surface area contributed by atoms with Crippen LogP contribution in [0.4, 0.5) is 15.8 Å². The molecule has 0 saturated carbocycles. The van der Waals surface area contributed by atoms with Crippen molar-refractivity contribution in [2.45, 2.75) is 20.3 Å². The number of nitrogens with one attached hydrogen (secondary N) is 1. The Morgan fingerprint density at radius 3 is 2.71 bits per heavy atom. The number of carbonyl (C=O) groups is 2. The van der Waals surface area contributed by atoms with Crippen molar-refractivity contribution in [2.75, 3.05) is 16.8 Å². The Balaban J connectivity index is 1.76. The highest BCUT2D eigenvalue weighted by atomic mass is 19.1. The number of benzene rings is 2. The summed E-state index contributed by atoms with van der Waals surface area (Å²) >= 11 is 0. The van der Waals surface area contributed by atoms with Gasteiger partial charge in [-0.25, -0.2) is 4.39 Å². The SMILES string of the molecule is Cc1ccc(C)c(N2C[C@H](C(=O)Nc3ccccc3F)CC2=O)c1. The van der Waals surface area contributed by atoms with Crippen LogP contribution in [0.1, 0.15) is 17.5 Å². The van der Waals surface area contributed by atoms with Crippen LogP contribution >= 0.6 is 0 Å². The van der Waals surface area contributed by atoms with E-state index < -0.39 is 11.7 Å². The largest absolute Gasteiger partial charge is 0.323 e. The van der Waals surface area contributed by atoms with E-state index >= 15 is 0 Å². The molecule has 2 aromatic carbocycles. The van der Waals surface area contributed by atoms with E-state index in [2.05, 4.69) is 5.32 Å². The second-order valence-corrected chi connectivity index (χ2v) is 6.16. The Hall–Kier alpha value is -2.69. The van der Waals surface area contributed by atoms with Gasteiger partial charge in [0.05, 0.1) is 11.6 Å². The lowest BCUT2D eigenvalue weighted by Crippen LogP contribution is -2.28. The molecule has 1 fully saturated rings. The van der Waals surface area contributed by atoms with E-state index in [1.54, 1.807) is 17.0 Å². The Bertz CT molecular complexity index is 804. The summed E-state index contributed by atoms with van der Waals surface area (Å²) in [7, 11) is 0.